The maximum atomic E-state index is 12.0. The summed E-state index contributed by atoms with van der Waals surface area (Å²) < 4.78 is 32.0. The number of sulfonamides is 1. The van der Waals surface area contributed by atoms with Gasteiger partial charge in [0.15, 0.2) is 5.96 Å². The van der Waals surface area contributed by atoms with Gasteiger partial charge in [-0.15, -0.1) is 0 Å². The van der Waals surface area contributed by atoms with Crippen LogP contribution in [0.2, 0.25) is 0 Å². The summed E-state index contributed by atoms with van der Waals surface area (Å²) >= 11 is 0. The minimum absolute atomic E-state index is 0.0169. The van der Waals surface area contributed by atoms with E-state index < -0.39 is 10.0 Å². The minimum Gasteiger partial charge on any atom is -0.377 e. The maximum absolute atomic E-state index is 12.0. The third-order valence-corrected chi connectivity index (χ3v) is 5.34. The summed E-state index contributed by atoms with van der Waals surface area (Å²) in [7, 11) is -3.36. The Morgan fingerprint density at radius 2 is 2.08 bits per heavy atom. The van der Waals surface area contributed by atoms with Crippen molar-refractivity contribution < 1.29 is 13.2 Å². The molecule has 1 heterocycles. The number of ether oxygens (including phenoxy) is 1. The molecule has 1 aromatic carbocycles. The molecule has 0 saturated carbocycles. The van der Waals surface area contributed by atoms with E-state index in [9.17, 15) is 8.42 Å². The second-order valence-corrected chi connectivity index (χ2v) is 8.01. The number of nitrogens with zero attached hydrogens (tertiary/aromatic N) is 1. The van der Waals surface area contributed by atoms with Crippen molar-refractivity contribution in [1.82, 2.24) is 10.0 Å². The first kappa shape index (κ1) is 19.7. The Labute approximate surface area is 150 Å². The Morgan fingerprint density at radius 3 is 2.80 bits per heavy atom. The van der Waals surface area contributed by atoms with Gasteiger partial charge in [-0.25, -0.2) is 13.1 Å². The molecule has 1 unspecified atom stereocenters. The number of hydrogen-bond acceptors (Lipinski definition) is 4. The van der Waals surface area contributed by atoms with Crippen molar-refractivity contribution >= 4 is 16.0 Å². The van der Waals surface area contributed by atoms with Crippen LogP contribution < -0.4 is 15.8 Å². The second-order valence-electron chi connectivity index (χ2n) is 6.09. The summed E-state index contributed by atoms with van der Waals surface area (Å²) in [5.41, 5.74) is 6.97. The SMILES string of the molecule is NC(=NCCS(=O)(=O)NCC1CCCCO1)NCCc1ccccc1. The molecule has 8 heteroatoms. The first-order valence-electron chi connectivity index (χ1n) is 8.72. The van der Waals surface area contributed by atoms with Crippen molar-refractivity contribution in [1.29, 1.82) is 0 Å². The van der Waals surface area contributed by atoms with E-state index in [4.69, 9.17) is 10.5 Å². The quantitative estimate of drug-likeness (QED) is 0.438. The zero-order valence-corrected chi connectivity index (χ0v) is 15.3. The molecule has 1 aromatic rings. The highest BCUT2D eigenvalue weighted by Crippen LogP contribution is 2.11. The number of nitrogens with two attached hydrogens (primary N) is 1. The van der Waals surface area contributed by atoms with Gasteiger partial charge in [0, 0.05) is 19.7 Å². The molecule has 0 aromatic heterocycles. The normalized spacial score (nSPS) is 18.9. The number of aliphatic imine (C=N–C) groups is 1. The van der Waals surface area contributed by atoms with Crippen molar-refractivity contribution in [2.75, 3.05) is 32.0 Å². The fourth-order valence-electron chi connectivity index (χ4n) is 2.58. The molecule has 7 nitrogen and oxygen atoms in total. The lowest BCUT2D eigenvalue weighted by molar-refractivity contribution is 0.0200. The largest absolute Gasteiger partial charge is 0.377 e. The molecule has 1 aliphatic heterocycles. The van der Waals surface area contributed by atoms with Crippen LogP contribution in [0, 0.1) is 0 Å². The molecule has 1 atom stereocenters. The van der Waals surface area contributed by atoms with Gasteiger partial charge < -0.3 is 15.8 Å². The van der Waals surface area contributed by atoms with E-state index in [-0.39, 0.29) is 24.4 Å². The first-order chi connectivity index (χ1) is 12.1. The molecule has 0 aliphatic carbocycles. The number of hydrogen-bond donors (Lipinski definition) is 3. The van der Waals surface area contributed by atoms with E-state index in [0.717, 1.165) is 25.7 Å². The van der Waals surface area contributed by atoms with E-state index >= 15 is 0 Å². The van der Waals surface area contributed by atoms with Gasteiger partial charge in [-0.1, -0.05) is 30.3 Å². The van der Waals surface area contributed by atoms with Crippen LogP contribution in [-0.2, 0) is 21.2 Å². The Bertz CT molecular complexity index is 629. The van der Waals surface area contributed by atoms with Crippen LogP contribution >= 0.6 is 0 Å². The molecule has 0 bridgehead atoms. The summed E-state index contributed by atoms with van der Waals surface area (Å²) in [5.74, 6) is 0.183. The van der Waals surface area contributed by atoms with Crippen LogP contribution in [0.4, 0.5) is 0 Å². The van der Waals surface area contributed by atoms with Crippen molar-refractivity contribution in [3.8, 4) is 0 Å². The lowest BCUT2D eigenvalue weighted by atomic mass is 10.1. The van der Waals surface area contributed by atoms with E-state index in [2.05, 4.69) is 15.0 Å². The number of nitrogens with one attached hydrogen (secondary N) is 2. The molecule has 4 N–H and O–H groups in total. The van der Waals surface area contributed by atoms with Gasteiger partial charge in [0.1, 0.15) is 0 Å². The van der Waals surface area contributed by atoms with E-state index in [0.29, 0.717) is 19.7 Å². The van der Waals surface area contributed by atoms with E-state index in [1.54, 1.807) is 0 Å². The molecule has 0 spiro atoms. The van der Waals surface area contributed by atoms with Crippen LogP contribution in [0.5, 0.6) is 0 Å². The fraction of sp³-hybridized carbons (Fsp3) is 0.588. The topological polar surface area (TPSA) is 106 Å². The molecular weight excluding hydrogens is 340 g/mol. The smallest absolute Gasteiger partial charge is 0.213 e. The molecule has 25 heavy (non-hydrogen) atoms. The van der Waals surface area contributed by atoms with Gasteiger partial charge in [0.2, 0.25) is 10.0 Å². The van der Waals surface area contributed by atoms with Crippen LogP contribution in [0.25, 0.3) is 0 Å². The Balaban J connectivity index is 1.62. The van der Waals surface area contributed by atoms with Crippen molar-refractivity contribution in [3.63, 3.8) is 0 Å². The van der Waals surface area contributed by atoms with Crippen LogP contribution in [-0.4, -0.2) is 52.5 Å². The Morgan fingerprint density at radius 1 is 1.28 bits per heavy atom. The predicted octanol–water partition coefficient (Wildman–Crippen LogP) is 0.622. The van der Waals surface area contributed by atoms with Gasteiger partial charge in [-0.05, 0) is 31.2 Å². The third-order valence-electron chi connectivity index (χ3n) is 4.01. The summed E-state index contributed by atoms with van der Waals surface area (Å²) in [6.45, 7) is 1.83. The summed E-state index contributed by atoms with van der Waals surface area (Å²) in [6, 6.07) is 10.0. The average molecular weight is 369 g/mol. The second kappa shape index (κ2) is 10.4. The molecule has 1 aliphatic rings. The van der Waals surface area contributed by atoms with Crippen LogP contribution in [0.15, 0.2) is 35.3 Å². The standard InChI is InChI=1S/C17H28N4O3S/c18-17(19-10-9-15-6-2-1-3-7-15)20-11-13-25(22,23)21-14-16-8-4-5-12-24-16/h1-3,6-7,16,21H,4-5,8-14H2,(H3,18,19,20). The number of guanidine groups is 1. The molecule has 140 valence electrons. The highest BCUT2D eigenvalue weighted by molar-refractivity contribution is 7.89. The summed E-state index contributed by atoms with van der Waals surface area (Å²) in [4.78, 5) is 4.07. The van der Waals surface area contributed by atoms with Gasteiger partial charge >= 0.3 is 0 Å². The maximum Gasteiger partial charge on any atom is 0.213 e. The van der Waals surface area contributed by atoms with Crippen molar-refractivity contribution in [2.24, 2.45) is 10.7 Å². The summed E-state index contributed by atoms with van der Waals surface area (Å²) in [6.07, 6.45) is 3.85. The lowest BCUT2D eigenvalue weighted by Crippen LogP contribution is -2.37. The molecule has 1 saturated heterocycles. The van der Waals surface area contributed by atoms with Crippen LogP contribution in [0.3, 0.4) is 0 Å². The average Bonchev–Trinajstić information content (AvgIpc) is 2.62. The van der Waals surface area contributed by atoms with Crippen LogP contribution in [0.1, 0.15) is 24.8 Å². The van der Waals surface area contributed by atoms with Crippen molar-refractivity contribution in [2.45, 2.75) is 31.8 Å². The zero-order chi connectivity index (χ0) is 18.0. The molecule has 0 radical (unpaired) electrons. The van der Waals surface area contributed by atoms with Gasteiger partial charge in [0.25, 0.3) is 0 Å². The molecule has 1 fully saturated rings. The van der Waals surface area contributed by atoms with Gasteiger partial charge in [-0.3, -0.25) is 4.99 Å². The third kappa shape index (κ3) is 8.33. The lowest BCUT2D eigenvalue weighted by Gasteiger charge is -2.22. The first-order valence-corrected chi connectivity index (χ1v) is 10.4. The highest BCUT2D eigenvalue weighted by atomic mass is 32.2. The fourth-order valence-corrected chi connectivity index (χ4v) is 3.50. The van der Waals surface area contributed by atoms with Crippen molar-refractivity contribution in [3.05, 3.63) is 35.9 Å². The molecule has 2 rings (SSSR count). The van der Waals surface area contributed by atoms with Gasteiger partial charge in [-0.2, -0.15) is 0 Å². The summed E-state index contributed by atoms with van der Waals surface area (Å²) in [5, 5.41) is 2.99. The number of benzene rings is 1. The Kier molecular flexibility index (Phi) is 8.17. The van der Waals surface area contributed by atoms with Gasteiger partial charge in [0.05, 0.1) is 18.4 Å². The molecule has 0 amide bonds. The predicted molar refractivity (Wildman–Crippen MR) is 100 cm³/mol. The zero-order valence-electron chi connectivity index (χ0n) is 14.5. The van der Waals surface area contributed by atoms with E-state index in [1.807, 2.05) is 30.3 Å². The van der Waals surface area contributed by atoms with E-state index in [1.165, 1.54) is 5.56 Å². The number of rotatable bonds is 9. The minimum atomic E-state index is -3.36. The highest BCUT2D eigenvalue weighted by Gasteiger charge is 2.17. The molecular formula is C17H28N4O3S. The Hall–Kier alpha value is -1.64. The monoisotopic (exact) mass is 368 g/mol.